The van der Waals surface area contributed by atoms with Crippen LogP contribution in [0.15, 0.2) is 42.5 Å². The number of carbonyl (C=O) groups excluding carboxylic acids is 1. The highest BCUT2D eigenvalue weighted by molar-refractivity contribution is 7.88. The molecule has 1 atom stereocenters. The Labute approximate surface area is 119 Å². The van der Waals surface area contributed by atoms with Crippen molar-refractivity contribution in [1.82, 2.24) is 9.62 Å². The van der Waals surface area contributed by atoms with Gasteiger partial charge in [-0.15, -0.1) is 0 Å². The molecule has 1 aliphatic rings. The summed E-state index contributed by atoms with van der Waals surface area (Å²) in [4.78, 5) is 12.0. The van der Waals surface area contributed by atoms with Crippen molar-refractivity contribution in [2.24, 2.45) is 0 Å². The lowest BCUT2D eigenvalue weighted by molar-refractivity contribution is -0.123. The Morgan fingerprint density at radius 2 is 2.05 bits per heavy atom. The zero-order valence-electron chi connectivity index (χ0n) is 11.3. The maximum atomic E-state index is 12.0. The maximum Gasteiger partial charge on any atom is 0.242 e. The summed E-state index contributed by atoms with van der Waals surface area (Å²) < 4.78 is 24.3. The van der Waals surface area contributed by atoms with Crippen LogP contribution in [0.5, 0.6) is 0 Å². The first-order chi connectivity index (χ1) is 9.48. The third kappa shape index (κ3) is 3.68. The molecule has 0 fully saturated rings. The summed E-state index contributed by atoms with van der Waals surface area (Å²) in [7, 11) is -3.36. The fourth-order valence-corrected chi connectivity index (χ4v) is 3.08. The summed E-state index contributed by atoms with van der Waals surface area (Å²) in [6.45, 7) is 0.750. The van der Waals surface area contributed by atoms with Crippen LogP contribution in [0.3, 0.4) is 0 Å². The Kier molecular flexibility index (Phi) is 4.57. The van der Waals surface area contributed by atoms with E-state index in [1.165, 1.54) is 4.31 Å². The average molecular weight is 294 g/mol. The predicted octanol–water partition coefficient (Wildman–Crippen LogP) is 0.545. The van der Waals surface area contributed by atoms with Gasteiger partial charge in [-0.1, -0.05) is 42.5 Å². The fourth-order valence-electron chi connectivity index (χ4n) is 2.14. The minimum absolute atomic E-state index is 0.260. The van der Waals surface area contributed by atoms with E-state index in [9.17, 15) is 13.2 Å². The Balaban J connectivity index is 1.87. The SMILES string of the molecule is CS(=O)(=O)N1CC=C[C@@H]1C(=O)NCCc1ccccc1. The van der Waals surface area contributed by atoms with E-state index in [-0.39, 0.29) is 12.5 Å². The highest BCUT2D eigenvalue weighted by Gasteiger charge is 2.32. The second-order valence-corrected chi connectivity index (χ2v) is 6.67. The van der Waals surface area contributed by atoms with Crippen LogP contribution in [0.2, 0.25) is 0 Å². The van der Waals surface area contributed by atoms with Gasteiger partial charge < -0.3 is 5.32 Å². The van der Waals surface area contributed by atoms with E-state index in [1.807, 2.05) is 30.3 Å². The van der Waals surface area contributed by atoms with Crippen molar-refractivity contribution in [2.45, 2.75) is 12.5 Å². The van der Waals surface area contributed by atoms with Crippen molar-refractivity contribution in [3.63, 3.8) is 0 Å². The molecule has 1 aliphatic heterocycles. The summed E-state index contributed by atoms with van der Waals surface area (Å²) in [5.74, 6) is -0.278. The predicted molar refractivity (Wildman–Crippen MR) is 77.6 cm³/mol. The number of amides is 1. The molecule has 0 aliphatic carbocycles. The van der Waals surface area contributed by atoms with Gasteiger partial charge in [-0.05, 0) is 12.0 Å². The summed E-state index contributed by atoms with van der Waals surface area (Å²) >= 11 is 0. The van der Waals surface area contributed by atoms with E-state index in [2.05, 4.69) is 5.32 Å². The van der Waals surface area contributed by atoms with Crippen LogP contribution in [-0.4, -0.2) is 44.0 Å². The third-order valence-electron chi connectivity index (χ3n) is 3.16. The summed E-state index contributed by atoms with van der Waals surface area (Å²) in [5.41, 5.74) is 1.13. The molecular formula is C14H18N2O3S. The van der Waals surface area contributed by atoms with Crippen molar-refractivity contribution in [3.05, 3.63) is 48.0 Å². The molecule has 1 aromatic rings. The smallest absolute Gasteiger partial charge is 0.242 e. The van der Waals surface area contributed by atoms with E-state index >= 15 is 0 Å². The van der Waals surface area contributed by atoms with E-state index in [1.54, 1.807) is 12.2 Å². The molecule has 0 aromatic heterocycles. The summed E-state index contributed by atoms with van der Waals surface area (Å²) in [6.07, 6.45) is 5.16. The Morgan fingerprint density at radius 3 is 2.70 bits per heavy atom. The topological polar surface area (TPSA) is 66.5 Å². The molecule has 5 nitrogen and oxygen atoms in total. The molecule has 108 valence electrons. The van der Waals surface area contributed by atoms with Gasteiger partial charge in [0.15, 0.2) is 0 Å². The van der Waals surface area contributed by atoms with Crippen LogP contribution in [0.1, 0.15) is 5.56 Å². The van der Waals surface area contributed by atoms with Gasteiger partial charge in [0.2, 0.25) is 15.9 Å². The van der Waals surface area contributed by atoms with Crippen LogP contribution in [0, 0.1) is 0 Å². The van der Waals surface area contributed by atoms with E-state index in [0.717, 1.165) is 18.2 Å². The van der Waals surface area contributed by atoms with Crippen LogP contribution in [0.25, 0.3) is 0 Å². The third-order valence-corrected chi connectivity index (χ3v) is 4.39. The lowest BCUT2D eigenvalue weighted by Gasteiger charge is -2.21. The first-order valence-electron chi connectivity index (χ1n) is 6.43. The second-order valence-electron chi connectivity index (χ2n) is 4.73. The number of rotatable bonds is 5. The number of benzene rings is 1. The molecule has 0 saturated heterocycles. The first kappa shape index (κ1) is 14.7. The van der Waals surface area contributed by atoms with Gasteiger partial charge in [-0.3, -0.25) is 4.79 Å². The van der Waals surface area contributed by atoms with Gasteiger partial charge in [-0.2, -0.15) is 4.31 Å². The quantitative estimate of drug-likeness (QED) is 0.806. The van der Waals surface area contributed by atoms with Gasteiger partial charge in [0, 0.05) is 13.1 Å². The first-order valence-corrected chi connectivity index (χ1v) is 8.28. The average Bonchev–Trinajstić information content (AvgIpc) is 2.89. The number of sulfonamides is 1. The van der Waals surface area contributed by atoms with Crippen molar-refractivity contribution in [3.8, 4) is 0 Å². The number of nitrogens with one attached hydrogen (secondary N) is 1. The molecule has 6 heteroatoms. The van der Waals surface area contributed by atoms with Gasteiger partial charge in [0.05, 0.1) is 6.26 Å². The van der Waals surface area contributed by atoms with E-state index < -0.39 is 16.1 Å². The molecule has 20 heavy (non-hydrogen) atoms. The molecule has 0 saturated carbocycles. The largest absolute Gasteiger partial charge is 0.354 e. The minimum Gasteiger partial charge on any atom is -0.354 e. The lowest BCUT2D eigenvalue weighted by atomic mass is 10.1. The van der Waals surface area contributed by atoms with Gasteiger partial charge in [-0.25, -0.2) is 8.42 Å². The van der Waals surface area contributed by atoms with Gasteiger partial charge >= 0.3 is 0 Å². The standard InChI is InChI=1S/C14H18N2O3S/c1-20(18,19)16-11-5-8-13(16)14(17)15-10-9-12-6-3-2-4-7-12/h2-8,13H,9-11H2,1H3,(H,15,17)/t13-/m1/s1. The molecule has 1 heterocycles. The van der Waals surface area contributed by atoms with Crippen molar-refractivity contribution < 1.29 is 13.2 Å². The Morgan fingerprint density at radius 1 is 1.35 bits per heavy atom. The van der Waals surface area contributed by atoms with E-state index in [0.29, 0.717) is 6.54 Å². The van der Waals surface area contributed by atoms with Crippen LogP contribution in [0.4, 0.5) is 0 Å². The lowest BCUT2D eigenvalue weighted by Crippen LogP contribution is -2.46. The van der Waals surface area contributed by atoms with Crippen LogP contribution in [-0.2, 0) is 21.2 Å². The highest BCUT2D eigenvalue weighted by Crippen LogP contribution is 2.13. The normalized spacial score (nSPS) is 19.1. The molecule has 0 bridgehead atoms. The van der Waals surface area contributed by atoms with Crippen molar-refractivity contribution in [1.29, 1.82) is 0 Å². The maximum absolute atomic E-state index is 12.0. The molecule has 1 aromatic carbocycles. The Bertz CT molecular complexity index is 596. The highest BCUT2D eigenvalue weighted by atomic mass is 32.2. The molecule has 0 spiro atoms. The van der Waals surface area contributed by atoms with Crippen LogP contribution < -0.4 is 5.32 Å². The number of hydrogen-bond acceptors (Lipinski definition) is 3. The van der Waals surface area contributed by atoms with Crippen molar-refractivity contribution >= 4 is 15.9 Å². The molecule has 2 rings (SSSR count). The molecule has 0 radical (unpaired) electrons. The second kappa shape index (κ2) is 6.19. The Hall–Kier alpha value is -1.66. The minimum atomic E-state index is -3.36. The fraction of sp³-hybridized carbons (Fsp3) is 0.357. The van der Waals surface area contributed by atoms with E-state index in [4.69, 9.17) is 0 Å². The molecule has 0 unspecified atom stereocenters. The van der Waals surface area contributed by atoms with Crippen LogP contribution >= 0.6 is 0 Å². The summed E-state index contributed by atoms with van der Waals surface area (Å²) in [6, 6.07) is 9.09. The van der Waals surface area contributed by atoms with Crippen molar-refractivity contribution in [2.75, 3.05) is 19.3 Å². The number of carbonyl (C=O) groups is 1. The monoisotopic (exact) mass is 294 g/mol. The van der Waals surface area contributed by atoms with Gasteiger partial charge in [0.25, 0.3) is 0 Å². The molecule has 1 N–H and O–H groups in total. The number of nitrogens with zero attached hydrogens (tertiary/aromatic N) is 1. The number of hydrogen-bond donors (Lipinski definition) is 1. The molecule has 1 amide bonds. The zero-order chi connectivity index (χ0) is 14.6. The zero-order valence-corrected chi connectivity index (χ0v) is 12.1. The summed E-state index contributed by atoms with van der Waals surface area (Å²) in [5, 5.41) is 2.78. The molecular weight excluding hydrogens is 276 g/mol. The van der Waals surface area contributed by atoms with Gasteiger partial charge in [0.1, 0.15) is 6.04 Å².